The Morgan fingerprint density at radius 2 is 2.43 bits per heavy atom. The highest BCUT2D eigenvalue weighted by Crippen LogP contribution is 1.98. The van der Waals surface area contributed by atoms with Gasteiger partial charge in [-0.25, -0.2) is 0 Å². The average Bonchev–Trinajstić information content (AvgIpc) is 1.69. The molecule has 1 aliphatic rings. The first-order valence-electron chi connectivity index (χ1n) is 2.46. The van der Waals surface area contributed by atoms with Crippen LogP contribution in [0.3, 0.4) is 0 Å². The van der Waals surface area contributed by atoms with Gasteiger partial charge in [0.05, 0.1) is 5.71 Å². The van der Waals surface area contributed by atoms with Crippen molar-refractivity contribution in [3.63, 3.8) is 0 Å². The van der Waals surface area contributed by atoms with Crippen molar-refractivity contribution in [2.24, 2.45) is 0 Å². The van der Waals surface area contributed by atoms with E-state index in [9.17, 15) is 0 Å². The first-order chi connectivity index (χ1) is 3.39. The largest absolute Gasteiger partial charge is 0.296 e. The van der Waals surface area contributed by atoms with E-state index in [1.54, 1.807) is 0 Å². The van der Waals surface area contributed by atoms with E-state index in [2.05, 4.69) is 11.8 Å². The fourth-order valence-electron chi connectivity index (χ4n) is 0.585. The molecule has 0 unspecified atom stereocenters. The van der Waals surface area contributed by atoms with E-state index < -0.39 is 0 Å². The fraction of sp³-hybridized carbons (Fsp3) is 0.500. The van der Waals surface area contributed by atoms with Gasteiger partial charge in [-0.05, 0) is 12.8 Å². The third-order valence-corrected chi connectivity index (χ3v) is 0.968. The standard InChI is InChI=1S/C6H7N/c7-6-4-2-1-3-5-6/h7H,1-2,4H2. The Morgan fingerprint density at radius 1 is 1.57 bits per heavy atom. The Bertz CT molecular complexity index is 136. The molecule has 0 fully saturated rings. The van der Waals surface area contributed by atoms with Gasteiger partial charge in [-0.15, -0.1) is 0 Å². The van der Waals surface area contributed by atoms with E-state index in [-0.39, 0.29) is 0 Å². The van der Waals surface area contributed by atoms with Gasteiger partial charge in [0, 0.05) is 6.42 Å². The van der Waals surface area contributed by atoms with Crippen LogP contribution >= 0.6 is 0 Å². The molecule has 0 amide bonds. The lowest BCUT2D eigenvalue weighted by Gasteiger charge is -1.95. The number of hydrogen-bond acceptors (Lipinski definition) is 1. The average molecular weight is 93.1 g/mol. The molecule has 0 bridgehead atoms. The second-order valence-corrected chi connectivity index (χ2v) is 1.63. The molecule has 36 valence electrons. The van der Waals surface area contributed by atoms with Crippen LogP contribution in [0.2, 0.25) is 0 Å². The maximum absolute atomic E-state index is 7.02. The highest BCUT2D eigenvalue weighted by molar-refractivity contribution is 5.98. The van der Waals surface area contributed by atoms with Crippen LogP contribution in [0.1, 0.15) is 19.3 Å². The highest BCUT2D eigenvalue weighted by atomic mass is 14.4. The third-order valence-electron chi connectivity index (χ3n) is 0.968. The van der Waals surface area contributed by atoms with Crippen molar-refractivity contribution < 1.29 is 0 Å². The summed E-state index contributed by atoms with van der Waals surface area (Å²) in [6.45, 7) is 0. The van der Waals surface area contributed by atoms with Gasteiger partial charge in [-0.2, -0.15) is 0 Å². The summed E-state index contributed by atoms with van der Waals surface area (Å²) in [7, 11) is 0. The second-order valence-electron chi connectivity index (χ2n) is 1.63. The van der Waals surface area contributed by atoms with Crippen LogP contribution in [-0.2, 0) is 0 Å². The van der Waals surface area contributed by atoms with Crippen LogP contribution < -0.4 is 0 Å². The van der Waals surface area contributed by atoms with E-state index in [4.69, 9.17) is 5.41 Å². The van der Waals surface area contributed by atoms with Crippen molar-refractivity contribution in [1.29, 1.82) is 5.41 Å². The van der Waals surface area contributed by atoms with E-state index in [1.165, 1.54) is 0 Å². The Kier molecular flexibility index (Phi) is 1.12. The van der Waals surface area contributed by atoms with Crippen LogP contribution in [0, 0.1) is 17.3 Å². The summed E-state index contributed by atoms with van der Waals surface area (Å²) >= 11 is 0. The van der Waals surface area contributed by atoms with Crippen molar-refractivity contribution in [3.8, 4) is 11.8 Å². The molecule has 0 spiro atoms. The Labute approximate surface area is 43.2 Å². The minimum Gasteiger partial charge on any atom is -0.296 e. The molecule has 7 heavy (non-hydrogen) atoms. The molecule has 0 saturated carbocycles. The molecular formula is C6H7N. The van der Waals surface area contributed by atoms with Crippen molar-refractivity contribution >= 4 is 5.71 Å². The van der Waals surface area contributed by atoms with Crippen LogP contribution in [0.25, 0.3) is 0 Å². The van der Waals surface area contributed by atoms with Gasteiger partial charge in [0.2, 0.25) is 0 Å². The molecule has 0 radical (unpaired) electrons. The molecule has 0 heterocycles. The normalized spacial score (nSPS) is 18.0. The molecule has 0 saturated heterocycles. The highest BCUT2D eigenvalue weighted by Gasteiger charge is 1.94. The van der Waals surface area contributed by atoms with Gasteiger partial charge >= 0.3 is 0 Å². The van der Waals surface area contributed by atoms with Gasteiger partial charge in [0.25, 0.3) is 0 Å². The molecule has 0 atom stereocenters. The number of rotatable bonds is 0. The number of nitrogens with one attached hydrogen (secondary N) is 1. The summed E-state index contributed by atoms with van der Waals surface area (Å²) in [5.74, 6) is 5.58. The van der Waals surface area contributed by atoms with Crippen LogP contribution in [0.5, 0.6) is 0 Å². The van der Waals surface area contributed by atoms with Crippen LogP contribution in [0.4, 0.5) is 0 Å². The summed E-state index contributed by atoms with van der Waals surface area (Å²) in [6.07, 6.45) is 2.97. The minimum atomic E-state index is 0.603. The predicted molar refractivity (Wildman–Crippen MR) is 29.4 cm³/mol. The quantitative estimate of drug-likeness (QED) is 0.435. The van der Waals surface area contributed by atoms with Crippen molar-refractivity contribution in [1.82, 2.24) is 0 Å². The predicted octanol–water partition coefficient (Wildman–Crippen LogP) is 1.19. The summed E-state index contributed by atoms with van der Waals surface area (Å²) in [4.78, 5) is 0. The Balaban J connectivity index is 2.62. The van der Waals surface area contributed by atoms with Gasteiger partial charge in [-0.1, -0.05) is 11.8 Å². The molecule has 0 aromatic rings. The van der Waals surface area contributed by atoms with E-state index in [1.807, 2.05) is 0 Å². The molecule has 1 heteroatoms. The van der Waals surface area contributed by atoms with Gasteiger partial charge in [0.1, 0.15) is 0 Å². The minimum absolute atomic E-state index is 0.603. The smallest absolute Gasteiger partial charge is 0.0809 e. The van der Waals surface area contributed by atoms with Crippen LogP contribution in [-0.4, -0.2) is 5.71 Å². The zero-order chi connectivity index (χ0) is 5.11. The third kappa shape index (κ3) is 1.04. The number of hydrogen-bond donors (Lipinski definition) is 1. The fourth-order valence-corrected chi connectivity index (χ4v) is 0.585. The molecule has 0 aromatic heterocycles. The zero-order valence-corrected chi connectivity index (χ0v) is 4.12. The Hall–Kier alpha value is -0.770. The first kappa shape index (κ1) is 4.39. The van der Waals surface area contributed by atoms with Crippen molar-refractivity contribution in [2.75, 3.05) is 0 Å². The van der Waals surface area contributed by atoms with Gasteiger partial charge in [0.15, 0.2) is 0 Å². The maximum atomic E-state index is 7.02. The maximum Gasteiger partial charge on any atom is 0.0809 e. The molecule has 0 aliphatic heterocycles. The molecular weight excluding hydrogens is 86.1 g/mol. The lowest BCUT2D eigenvalue weighted by Crippen LogP contribution is -1.94. The van der Waals surface area contributed by atoms with E-state index in [0.29, 0.717) is 5.71 Å². The molecule has 1 aliphatic carbocycles. The topological polar surface area (TPSA) is 23.9 Å². The van der Waals surface area contributed by atoms with Gasteiger partial charge < -0.3 is 0 Å². The Morgan fingerprint density at radius 3 is 2.71 bits per heavy atom. The lowest BCUT2D eigenvalue weighted by molar-refractivity contribution is 0.902. The summed E-state index contributed by atoms with van der Waals surface area (Å²) in [6, 6.07) is 0. The SMILES string of the molecule is N=C1C#CCCC1. The summed E-state index contributed by atoms with van der Waals surface area (Å²) in [5.41, 5.74) is 0.603. The van der Waals surface area contributed by atoms with E-state index >= 15 is 0 Å². The van der Waals surface area contributed by atoms with E-state index in [0.717, 1.165) is 19.3 Å². The van der Waals surface area contributed by atoms with Gasteiger partial charge in [-0.3, -0.25) is 5.41 Å². The molecule has 1 rings (SSSR count). The summed E-state index contributed by atoms with van der Waals surface area (Å²) in [5, 5.41) is 7.02. The molecule has 1 N–H and O–H groups in total. The molecule has 1 nitrogen and oxygen atoms in total. The first-order valence-corrected chi connectivity index (χ1v) is 2.46. The summed E-state index contributed by atoms with van der Waals surface area (Å²) < 4.78 is 0. The lowest BCUT2D eigenvalue weighted by atomic mass is 10.1. The zero-order valence-electron chi connectivity index (χ0n) is 4.12. The van der Waals surface area contributed by atoms with Crippen LogP contribution in [0.15, 0.2) is 0 Å². The van der Waals surface area contributed by atoms with Crippen molar-refractivity contribution in [2.45, 2.75) is 19.3 Å². The molecule has 0 aromatic carbocycles. The second kappa shape index (κ2) is 1.79. The van der Waals surface area contributed by atoms with Crippen molar-refractivity contribution in [3.05, 3.63) is 0 Å². The monoisotopic (exact) mass is 93.1 g/mol.